The fourth-order valence-corrected chi connectivity index (χ4v) is 1.15. The molecule has 1 aliphatic rings. The van der Waals surface area contributed by atoms with Crippen molar-refractivity contribution in [3.8, 4) is 0 Å². The maximum absolute atomic E-state index is 5.26. The highest BCUT2D eigenvalue weighted by Crippen LogP contribution is 2.13. The van der Waals surface area contributed by atoms with Crippen LogP contribution in [-0.4, -0.2) is 24.9 Å². The van der Waals surface area contributed by atoms with E-state index in [1.807, 2.05) is 6.07 Å². The molecule has 1 aromatic rings. The molecule has 1 aliphatic heterocycles. The Bertz CT molecular complexity index is 204. The molecule has 4 nitrogen and oxygen atoms in total. The Kier molecular flexibility index (Phi) is 1.87. The molecule has 0 bridgehead atoms. The number of aromatic nitrogens is 1. The Hall–Kier alpha value is -0.870. The first-order chi connectivity index (χ1) is 5.47. The molecule has 0 spiro atoms. The van der Waals surface area contributed by atoms with E-state index in [0.29, 0.717) is 6.61 Å². The van der Waals surface area contributed by atoms with Crippen molar-refractivity contribution in [2.24, 2.45) is 0 Å². The molecule has 0 aliphatic carbocycles. The molecule has 1 aromatic heterocycles. The van der Waals surface area contributed by atoms with Gasteiger partial charge in [0.05, 0.1) is 25.5 Å². The van der Waals surface area contributed by atoms with Gasteiger partial charge in [0.25, 0.3) is 0 Å². The second-order valence-corrected chi connectivity index (χ2v) is 2.50. The largest absolute Gasteiger partial charge is 0.378 e. The number of hydrogen-bond donors (Lipinski definition) is 1. The first-order valence-electron chi connectivity index (χ1n) is 3.68. The van der Waals surface area contributed by atoms with Gasteiger partial charge in [0.15, 0.2) is 5.76 Å². The molecule has 0 saturated carbocycles. The van der Waals surface area contributed by atoms with Crippen molar-refractivity contribution < 1.29 is 9.26 Å². The number of nitrogens with one attached hydrogen (secondary N) is 1. The predicted octanol–water partition coefficient (Wildman–Crippen LogP) is 0.335. The van der Waals surface area contributed by atoms with Crippen molar-refractivity contribution in [1.29, 1.82) is 0 Å². The second kappa shape index (κ2) is 3.02. The van der Waals surface area contributed by atoms with E-state index in [4.69, 9.17) is 9.26 Å². The van der Waals surface area contributed by atoms with E-state index in [9.17, 15) is 0 Å². The van der Waals surface area contributed by atoms with Crippen molar-refractivity contribution in [1.82, 2.24) is 10.5 Å². The molecule has 0 radical (unpaired) electrons. The molecule has 1 fully saturated rings. The van der Waals surface area contributed by atoms with Gasteiger partial charge in [0.1, 0.15) is 0 Å². The minimum Gasteiger partial charge on any atom is -0.378 e. The average molecular weight is 154 g/mol. The number of nitrogens with zero attached hydrogens (tertiary/aromatic N) is 1. The van der Waals surface area contributed by atoms with Gasteiger partial charge < -0.3 is 14.6 Å². The zero-order chi connectivity index (χ0) is 7.52. The predicted molar refractivity (Wildman–Crippen MR) is 38.1 cm³/mol. The van der Waals surface area contributed by atoms with Crippen LogP contribution in [-0.2, 0) is 4.74 Å². The summed E-state index contributed by atoms with van der Waals surface area (Å²) in [5.74, 6) is 0.852. The van der Waals surface area contributed by atoms with Crippen LogP contribution in [0.2, 0.25) is 0 Å². The van der Waals surface area contributed by atoms with E-state index < -0.39 is 0 Å². The number of ether oxygens (including phenoxy) is 1. The van der Waals surface area contributed by atoms with Gasteiger partial charge in [0, 0.05) is 12.6 Å². The summed E-state index contributed by atoms with van der Waals surface area (Å²) < 4.78 is 10.2. The third-order valence-corrected chi connectivity index (χ3v) is 1.72. The fraction of sp³-hybridized carbons (Fsp3) is 0.571. The van der Waals surface area contributed by atoms with Crippen LogP contribution in [0.5, 0.6) is 0 Å². The lowest BCUT2D eigenvalue weighted by atomic mass is 10.2. The quantitative estimate of drug-likeness (QED) is 0.633. The van der Waals surface area contributed by atoms with E-state index in [1.165, 1.54) is 0 Å². The maximum atomic E-state index is 5.26. The van der Waals surface area contributed by atoms with Gasteiger partial charge in [-0.25, -0.2) is 0 Å². The van der Waals surface area contributed by atoms with E-state index in [1.54, 1.807) is 6.20 Å². The summed E-state index contributed by atoms with van der Waals surface area (Å²) in [7, 11) is 0. The van der Waals surface area contributed by atoms with Crippen LogP contribution < -0.4 is 5.32 Å². The third kappa shape index (κ3) is 1.41. The molecule has 1 saturated heterocycles. The number of hydrogen-bond acceptors (Lipinski definition) is 4. The van der Waals surface area contributed by atoms with Gasteiger partial charge in [-0.1, -0.05) is 5.16 Å². The summed E-state index contributed by atoms with van der Waals surface area (Å²) in [4.78, 5) is 0. The molecular formula is C7H10N2O2. The third-order valence-electron chi connectivity index (χ3n) is 1.72. The SMILES string of the molecule is c1cc(C2COCCN2)on1. The highest BCUT2D eigenvalue weighted by molar-refractivity contribution is 5.01. The molecule has 1 N–H and O–H groups in total. The molecule has 11 heavy (non-hydrogen) atoms. The van der Waals surface area contributed by atoms with E-state index in [-0.39, 0.29) is 6.04 Å². The highest BCUT2D eigenvalue weighted by atomic mass is 16.5. The minimum atomic E-state index is 0.186. The van der Waals surface area contributed by atoms with Crippen molar-refractivity contribution in [2.75, 3.05) is 19.8 Å². The Morgan fingerprint density at radius 3 is 3.27 bits per heavy atom. The van der Waals surface area contributed by atoms with Crippen molar-refractivity contribution in [3.63, 3.8) is 0 Å². The second-order valence-electron chi connectivity index (χ2n) is 2.50. The molecule has 1 atom stereocenters. The van der Waals surface area contributed by atoms with Crippen LogP contribution in [0.25, 0.3) is 0 Å². The lowest BCUT2D eigenvalue weighted by Gasteiger charge is -2.20. The topological polar surface area (TPSA) is 47.3 Å². The van der Waals surface area contributed by atoms with Crippen molar-refractivity contribution in [2.45, 2.75) is 6.04 Å². The monoisotopic (exact) mass is 154 g/mol. The Morgan fingerprint density at radius 1 is 1.64 bits per heavy atom. The van der Waals surface area contributed by atoms with Gasteiger partial charge in [-0.05, 0) is 0 Å². The van der Waals surface area contributed by atoms with Crippen LogP contribution in [0.4, 0.5) is 0 Å². The number of rotatable bonds is 1. The normalized spacial score (nSPS) is 25.3. The van der Waals surface area contributed by atoms with Crippen LogP contribution >= 0.6 is 0 Å². The van der Waals surface area contributed by atoms with Crippen LogP contribution in [0, 0.1) is 0 Å². The first kappa shape index (κ1) is 6.82. The molecule has 0 amide bonds. The van der Waals surface area contributed by atoms with Crippen molar-refractivity contribution >= 4 is 0 Å². The Balaban J connectivity index is 2.04. The van der Waals surface area contributed by atoms with Gasteiger partial charge in [0.2, 0.25) is 0 Å². The Morgan fingerprint density at radius 2 is 2.64 bits per heavy atom. The highest BCUT2D eigenvalue weighted by Gasteiger charge is 2.17. The molecule has 60 valence electrons. The lowest BCUT2D eigenvalue weighted by molar-refractivity contribution is 0.0677. The smallest absolute Gasteiger partial charge is 0.155 e. The fourth-order valence-electron chi connectivity index (χ4n) is 1.15. The molecule has 1 unspecified atom stereocenters. The van der Waals surface area contributed by atoms with Crippen LogP contribution in [0.1, 0.15) is 11.8 Å². The Labute approximate surface area is 64.5 Å². The average Bonchev–Trinajstić information content (AvgIpc) is 2.58. The van der Waals surface area contributed by atoms with E-state index >= 15 is 0 Å². The summed E-state index contributed by atoms with van der Waals surface area (Å²) >= 11 is 0. The molecular weight excluding hydrogens is 144 g/mol. The van der Waals surface area contributed by atoms with Gasteiger partial charge in [-0.2, -0.15) is 0 Å². The zero-order valence-corrected chi connectivity index (χ0v) is 6.12. The first-order valence-corrected chi connectivity index (χ1v) is 3.68. The van der Waals surface area contributed by atoms with Crippen molar-refractivity contribution in [3.05, 3.63) is 18.0 Å². The molecule has 2 heterocycles. The van der Waals surface area contributed by atoms with E-state index in [2.05, 4.69) is 10.5 Å². The summed E-state index contributed by atoms with van der Waals surface area (Å²) in [6, 6.07) is 2.04. The number of morpholine rings is 1. The van der Waals surface area contributed by atoms with Crippen LogP contribution in [0.3, 0.4) is 0 Å². The summed E-state index contributed by atoms with van der Waals surface area (Å²) in [6.07, 6.45) is 1.64. The molecule has 0 aromatic carbocycles. The van der Waals surface area contributed by atoms with Gasteiger partial charge >= 0.3 is 0 Å². The van der Waals surface area contributed by atoms with Crippen LogP contribution in [0.15, 0.2) is 16.8 Å². The molecule has 4 heteroatoms. The lowest BCUT2D eigenvalue weighted by Crippen LogP contribution is -2.34. The minimum absolute atomic E-state index is 0.186. The summed E-state index contributed by atoms with van der Waals surface area (Å²) in [5, 5.41) is 6.89. The van der Waals surface area contributed by atoms with E-state index in [0.717, 1.165) is 18.9 Å². The van der Waals surface area contributed by atoms with Gasteiger partial charge in [-0.15, -0.1) is 0 Å². The summed E-state index contributed by atoms with van der Waals surface area (Å²) in [5.41, 5.74) is 0. The molecule has 2 rings (SSSR count). The zero-order valence-electron chi connectivity index (χ0n) is 6.12. The summed E-state index contributed by atoms with van der Waals surface area (Å²) in [6.45, 7) is 2.34. The van der Waals surface area contributed by atoms with Gasteiger partial charge in [-0.3, -0.25) is 0 Å². The maximum Gasteiger partial charge on any atom is 0.155 e. The standard InChI is InChI=1S/C7H10N2O2/c1-2-9-11-7(1)6-5-10-4-3-8-6/h1-2,6,8H,3-5H2.